The number of aliphatic hydroxyl groups excluding tert-OH is 1. The van der Waals surface area contributed by atoms with Crippen molar-refractivity contribution in [1.29, 1.82) is 0 Å². The lowest BCUT2D eigenvalue weighted by molar-refractivity contribution is -0.139. The third kappa shape index (κ3) is 5.02. The summed E-state index contributed by atoms with van der Waals surface area (Å²) < 4.78 is 0. The van der Waals surface area contributed by atoms with Gasteiger partial charge in [-0.15, -0.1) is 0 Å². The second-order valence-corrected chi connectivity index (χ2v) is 13.4. The molecule has 8 heteroatoms. The van der Waals surface area contributed by atoms with Gasteiger partial charge in [0.25, 0.3) is 11.8 Å². The second-order valence-electron chi connectivity index (χ2n) is 13.4. The maximum atomic E-state index is 14.1. The zero-order valence-corrected chi connectivity index (χ0v) is 27.7. The minimum Gasteiger partial charge on any atom is -0.394 e. The first-order chi connectivity index (χ1) is 24.3. The number of amides is 3. The van der Waals surface area contributed by atoms with Crippen LogP contribution in [0.25, 0.3) is 10.8 Å². The van der Waals surface area contributed by atoms with Gasteiger partial charge in [0.15, 0.2) is 5.60 Å². The molecule has 5 aromatic carbocycles. The molecule has 5 aromatic rings. The minimum atomic E-state index is -1.82. The van der Waals surface area contributed by atoms with Crippen LogP contribution < -0.4 is 9.80 Å². The van der Waals surface area contributed by atoms with Crippen molar-refractivity contribution < 1.29 is 24.6 Å². The maximum Gasteiger partial charge on any atom is 0.264 e. The number of hydrogen-bond acceptors (Lipinski definition) is 5. The molecule has 3 aliphatic heterocycles. The van der Waals surface area contributed by atoms with E-state index in [-0.39, 0.29) is 37.4 Å². The molecule has 0 bridgehead atoms. The molecule has 8 rings (SSSR count). The Morgan fingerprint density at radius 1 is 0.880 bits per heavy atom. The number of anilines is 3. The van der Waals surface area contributed by atoms with Gasteiger partial charge in [-0.1, -0.05) is 97.9 Å². The van der Waals surface area contributed by atoms with Crippen LogP contribution in [0.1, 0.15) is 46.0 Å². The molecule has 8 nitrogen and oxygen atoms in total. The van der Waals surface area contributed by atoms with Crippen molar-refractivity contribution in [2.45, 2.75) is 44.5 Å². The van der Waals surface area contributed by atoms with E-state index >= 15 is 0 Å². The van der Waals surface area contributed by atoms with Gasteiger partial charge < -0.3 is 20.0 Å². The van der Waals surface area contributed by atoms with Gasteiger partial charge in [-0.3, -0.25) is 19.3 Å². The average molecular weight is 664 g/mol. The molecule has 0 spiro atoms. The quantitative estimate of drug-likeness (QED) is 0.187. The van der Waals surface area contributed by atoms with E-state index in [2.05, 4.69) is 0 Å². The van der Waals surface area contributed by atoms with Gasteiger partial charge >= 0.3 is 0 Å². The van der Waals surface area contributed by atoms with Crippen LogP contribution in [0.2, 0.25) is 0 Å². The molecular formula is C42H37N3O5. The monoisotopic (exact) mass is 663 g/mol. The van der Waals surface area contributed by atoms with E-state index in [4.69, 9.17) is 0 Å². The first kappa shape index (κ1) is 31.7. The Hall–Kier alpha value is -5.57. The Kier molecular flexibility index (Phi) is 7.85. The highest BCUT2D eigenvalue weighted by atomic mass is 16.3. The largest absolute Gasteiger partial charge is 0.394 e. The molecule has 3 aliphatic rings. The number of carbonyl (C=O) groups is 3. The summed E-state index contributed by atoms with van der Waals surface area (Å²) in [7, 11) is 0. The number of benzene rings is 5. The molecule has 50 heavy (non-hydrogen) atoms. The normalized spacial score (nSPS) is 20.1. The summed E-state index contributed by atoms with van der Waals surface area (Å²) in [5, 5.41) is 24.1. The summed E-state index contributed by atoms with van der Waals surface area (Å²) in [5.74, 6) is -1.25. The Balaban J connectivity index is 0.986. The Morgan fingerprint density at radius 2 is 1.58 bits per heavy atom. The number of rotatable bonds is 8. The highest BCUT2D eigenvalue weighted by Crippen LogP contribution is 2.46. The van der Waals surface area contributed by atoms with Gasteiger partial charge in [0.05, 0.1) is 36.1 Å². The van der Waals surface area contributed by atoms with E-state index < -0.39 is 17.4 Å². The summed E-state index contributed by atoms with van der Waals surface area (Å²) >= 11 is 0. The van der Waals surface area contributed by atoms with Crippen LogP contribution in [0.15, 0.2) is 121 Å². The molecule has 250 valence electrons. The van der Waals surface area contributed by atoms with E-state index in [9.17, 15) is 24.6 Å². The fraction of sp³-hybridized carbons (Fsp3) is 0.214. The SMILES string of the molecule is C[C@H](/C=C/CC(=O)N1Cc2ccccc2C[C@H]1CO)[C@@]1(O)C(=O)N(Cc2ccc(N3C(=O)c4cccc5cccc3c45)cc2)c2ccccc21. The van der Waals surface area contributed by atoms with Crippen molar-refractivity contribution in [1.82, 2.24) is 4.90 Å². The zero-order valence-electron chi connectivity index (χ0n) is 27.7. The van der Waals surface area contributed by atoms with Crippen LogP contribution in [0, 0.1) is 5.92 Å². The number of para-hydroxylation sites is 1. The van der Waals surface area contributed by atoms with Crippen LogP contribution in [-0.2, 0) is 34.7 Å². The average Bonchev–Trinajstić information content (AvgIpc) is 3.56. The van der Waals surface area contributed by atoms with Crippen molar-refractivity contribution in [3.63, 3.8) is 0 Å². The summed E-state index contributed by atoms with van der Waals surface area (Å²) in [6.07, 6.45) is 4.14. The fourth-order valence-corrected chi connectivity index (χ4v) is 7.84. The molecule has 0 saturated carbocycles. The Labute approximate surface area is 290 Å². The smallest absolute Gasteiger partial charge is 0.264 e. The van der Waals surface area contributed by atoms with Crippen LogP contribution in [-0.4, -0.2) is 45.5 Å². The molecule has 0 unspecified atom stereocenters. The van der Waals surface area contributed by atoms with Gasteiger partial charge in [0, 0.05) is 35.5 Å². The molecule has 0 aliphatic carbocycles. The lowest BCUT2D eigenvalue weighted by Gasteiger charge is -2.36. The van der Waals surface area contributed by atoms with Gasteiger partial charge in [0.2, 0.25) is 5.91 Å². The predicted octanol–water partition coefficient (Wildman–Crippen LogP) is 6.39. The van der Waals surface area contributed by atoms with Crippen LogP contribution in [0.3, 0.4) is 0 Å². The van der Waals surface area contributed by atoms with Crippen LogP contribution >= 0.6 is 0 Å². The molecule has 3 heterocycles. The number of carbonyl (C=O) groups excluding carboxylic acids is 3. The van der Waals surface area contributed by atoms with Crippen molar-refractivity contribution in [3.05, 3.63) is 149 Å². The van der Waals surface area contributed by atoms with Crippen molar-refractivity contribution in [2.75, 3.05) is 16.4 Å². The van der Waals surface area contributed by atoms with E-state index in [1.165, 1.54) is 0 Å². The first-order valence-electron chi connectivity index (χ1n) is 17.0. The van der Waals surface area contributed by atoms with Crippen molar-refractivity contribution in [2.24, 2.45) is 5.92 Å². The zero-order chi connectivity index (χ0) is 34.6. The molecule has 0 aromatic heterocycles. The maximum absolute atomic E-state index is 14.1. The van der Waals surface area contributed by atoms with Crippen LogP contribution in [0.5, 0.6) is 0 Å². The molecule has 2 N–H and O–H groups in total. The third-order valence-electron chi connectivity index (χ3n) is 10.5. The van der Waals surface area contributed by atoms with E-state index in [0.29, 0.717) is 29.8 Å². The number of aliphatic hydroxyl groups is 2. The molecule has 3 atom stereocenters. The Bertz CT molecular complexity index is 2190. The minimum absolute atomic E-state index is 0.0727. The summed E-state index contributed by atoms with van der Waals surface area (Å²) in [4.78, 5) is 45.9. The van der Waals surface area contributed by atoms with Gasteiger partial charge in [-0.25, -0.2) is 0 Å². The highest BCUT2D eigenvalue weighted by molar-refractivity contribution is 6.27. The lowest BCUT2D eigenvalue weighted by Crippen LogP contribution is -2.46. The first-order valence-corrected chi connectivity index (χ1v) is 17.0. The predicted molar refractivity (Wildman–Crippen MR) is 193 cm³/mol. The molecule has 3 amide bonds. The molecular weight excluding hydrogens is 626 g/mol. The van der Waals surface area contributed by atoms with Gasteiger partial charge in [-0.05, 0) is 58.8 Å². The molecule has 0 saturated heterocycles. The van der Waals surface area contributed by atoms with E-state index in [1.54, 1.807) is 39.8 Å². The second kappa shape index (κ2) is 12.4. The van der Waals surface area contributed by atoms with Crippen LogP contribution in [0.4, 0.5) is 17.1 Å². The fourth-order valence-electron chi connectivity index (χ4n) is 7.84. The highest BCUT2D eigenvalue weighted by Gasteiger charge is 2.52. The van der Waals surface area contributed by atoms with E-state index in [0.717, 1.165) is 38.8 Å². The summed E-state index contributed by atoms with van der Waals surface area (Å²) in [6, 6.07) is 34.2. The summed E-state index contributed by atoms with van der Waals surface area (Å²) in [5.41, 5.74) is 4.67. The van der Waals surface area contributed by atoms with Crippen molar-refractivity contribution >= 4 is 45.6 Å². The summed E-state index contributed by atoms with van der Waals surface area (Å²) in [6.45, 7) is 2.34. The standard InChI is InChI=1S/C42H37N3O5/c1-27(9-6-18-38(47)43-25-31-11-3-2-10-30(31)23-33(43)26-46)42(50)35-15-4-5-16-36(35)44(41(42)49)24-28-19-21-32(22-20-28)45-37-17-8-13-29-12-7-14-34(39(29)37)40(45)48/h2-17,19-22,27,33,46,50H,18,23-26H2,1H3/b9-6+/t27-,33+,42+/m1/s1. The Morgan fingerprint density at radius 3 is 2.36 bits per heavy atom. The third-order valence-corrected chi connectivity index (χ3v) is 10.5. The van der Waals surface area contributed by atoms with Crippen molar-refractivity contribution in [3.8, 4) is 0 Å². The number of hydrogen-bond donors (Lipinski definition) is 2. The molecule has 0 radical (unpaired) electrons. The number of nitrogens with zero attached hydrogens (tertiary/aromatic N) is 3. The topological polar surface area (TPSA) is 101 Å². The van der Waals surface area contributed by atoms with Gasteiger partial charge in [0.1, 0.15) is 0 Å². The lowest BCUT2D eigenvalue weighted by atomic mass is 9.83. The molecule has 0 fully saturated rings. The number of fused-ring (bicyclic) bond motifs is 2. The van der Waals surface area contributed by atoms with E-state index in [1.807, 2.05) is 103 Å². The van der Waals surface area contributed by atoms with Gasteiger partial charge in [-0.2, -0.15) is 0 Å².